The normalized spacial score (nSPS) is 64.1. The van der Waals surface area contributed by atoms with Gasteiger partial charge in [-0.25, -0.2) is 0 Å². The number of rotatable bonds is 4. The zero-order valence-electron chi connectivity index (χ0n) is 19.1. The number of piperidine rings is 1. The topological polar surface area (TPSA) is 103 Å². The van der Waals surface area contributed by atoms with E-state index < -0.39 is 35.2 Å². The second kappa shape index (κ2) is 6.44. The van der Waals surface area contributed by atoms with Gasteiger partial charge in [-0.1, -0.05) is 13.8 Å². The Labute approximate surface area is 184 Å². The molecular weight excluding hydrogens is 398 g/mol. The van der Waals surface area contributed by atoms with Gasteiger partial charge in [-0.05, 0) is 43.6 Å². The molecule has 0 radical (unpaired) electrons. The molecule has 5 saturated carbocycles. The van der Waals surface area contributed by atoms with E-state index in [1.165, 1.54) is 0 Å². The van der Waals surface area contributed by atoms with Gasteiger partial charge in [-0.3, -0.25) is 4.90 Å². The molecular formula is C24H39NO6. The summed E-state index contributed by atoms with van der Waals surface area (Å²) in [7, 11) is 3.47. The standard InChI is InChI=1S/C24H39NO6/c1-5-25-9-22(10-30-3)7-6-14(26)23-13-8-12-11(2)21(28)24(29,15(13)17(12)27)16(20(23)25)18(31-4)19(22)23/h11-21,26-29H,5-10H2,1-4H3/t11?,12?,13?,14?,15?,16?,17?,18?,19?,20?,21?,22-,23?,24+/m0/s1. The molecule has 1 heterocycles. The summed E-state index contributed by atoms with van der Waals surface area (Å²) >= 11 is 0. The molecule has 5 aliphatic carbocycles. The van der Waals surface area contributed by atoms with Gasteiger partial charge in [-0.2, -0.15) is 0 Å². The highest BCUT2D eigenvalue weighted by Crippen LogP contribution is 2.79. The number of hydrogen-bond acceptors (Lipinski definition) is 7. The second-order valence-electron chi connectivity index (χ2n) is 11.8. The van der Waals surface area contributed by atoms with E-state index in [0.717, 1.165) is 32.4 Å². The molecule has 0 amide bonds. The van der Waals surface area contributed by atoms with E-state index in [-0.39, 0.29) is 47.2 Å². The number of aliphatic hydroxyl groups excluding tert-OH is 3. The average Bonchev–Trinajstić information content (AvgIpc) is 3.18. The quantitative estimate of drug-likeness (QED) is 0.495. The van der Waals surface area contributed by atoms with Crippen molar-refractivity contribution in [3.8, 4) is 0 Å². The molecule has 6 aliphatic rings. The van der Waals surface area contributed by atoms with Crippen molar-refractivity contribution in [3.63, 3.8) is 0 Å². The Balaban J connectivity index is 1.65. The van der Waals surface area contributed by atoms with E-state index >= 15 is 0 Å². The lowest BCUT2D eigenvalue weighted by atomic mass is 9.43. The van der Waals surface area contributed by atoms with Crippen LogP contribution in [0.25, 0.3) is 0 Å². The van der Waals surface area contributed by atoms with Gasteiger partial charge >= 0.3 is 0 Å². The average molecular weight is 438 g/mol. The SMILES string of the molecule is CCN1C[C@]2(COC)CCC(O)C34C5CC6C(C)C(O)[C@@](O)(C5C6O)C(C(OC)C32)C14. The number of methoxy groups -OCH3 is 2. The molecule has 6 rings (SSSR count). The van der Waals surface area contributed by atoms with E-state index in [4.69, 9.17) is 9.47 Å². The molecule has 31 heavy (non-hydrogen) atoms. The number of ether oxygens (including phenoxy) is 2. The van der Waals surface area contributed by atoms with Gasteiger partial charge in [-0.15, -0.1) is 0 Å². The van der Waals surface area contributed by atoms with Gasteiger partial charge in [0.25, 0.3) is 0 Å². The summed E-state index contributed by atoms with van der Waals surface area (Å²) in [6, 6.07) is -0.0649. The molecule has 7 heteroatoms. The van der Waals surface area contributed by atoms with E-state index in [1.807, 2.05) is 6.92 Å². The third kappa shape index (κ3) is 2.01. The van der Waals surface area contributed by atoms with Crippen LogP contribution in [-0.2, 0) is 9.47 Å². The molecule has 0 aromatic carbocycles. The molecule has 4 N–H and O–H groups in total. The first-order valence-electron chi connectivity index (χ1n) is 12.3. The van der Waals surface area contributed by atoms with Crippen LogP contribution in [0.4, 0.5) is 0 Å². The predicted molar refractivity (Wildman–Crippen MR) is 112 cm³/mol. The first kappa shape index (κ1) is 21.3. The largest absolute Gasteiger partial charge is 0.392 e. The van der Waals surface area contributed by atoms with Gasteiger partial charge in [0.2, 0.25) is 0 Å². The summed E-state index contributed by atoms with van der Waals surface area (Å²) in [6.07, 6.45) is 0.00334. The number of fused-ring (bicyclic) bond motifs is 2. The lowest BCUT2D eigenvalue weighted by molar-refractivity contribution is -0.290. The molecule has 1 saturated heterocycles. The fourth-order valence-electron chi connectivity index (χ4n) is 10.8. The van der Waals surface area contributed by atoms with Crippen molar-refractivity contribution >= 4 is 0 Å². The van der Waals surface area contributed by atoms with Crippen LogP contribution in [-0.4, -0.2) is 95.3 Å². The maximum absolute atomic E-state index is 12.4. The van der Waals surface area contributed by atoms with Gasteiger partial charge in [0, 0.05) is 55.4 Å². The first-order chi connectivity index (χ1) is 14.8. The van der Waals surface area contributed by atoms with Gasteiger partial charge in [0.1, 0.15) is 5.60 Å². The first-order valence-corrected chi connectivity index (χ1v) is 12.3. The van der Waals surface area contributed by atoms with Crippen molar-refractivity contribution in [1.29, 1.82) is 0 Å². The molecule has 0 aromatic heterocycles. The molecule has 6 fully saturated rings. The highest BCUT2D eigenvalue weighted by molar-refractivity contribution is 5.36. The number of hydrogen-bond donors (Lipinski definition) is 4. The Morgan fingerprint density at radius 2 is 1.87 bits per heavy atom. The fraction of sp³-hybridized carbons (Fsp3) is 1.00. The van der Waals surface area contributed by atoms with Crippen molar-refractivity contribution in [2.24, 2.45) is 46.3 Å². The number of aliphatic hydroxyl groups is 4. The van der Waals surface area contributed by atoms with E-state index in [9.17, 15) is 20.4 Å². The van der Waals surface area contributed by atoms with Crippen LogP contribution in [0.1, 0.15) is 33.1 Å². The smallest absolute Gasteiger partial charge is 0.103 e. The lowest BCUT2D eigenvalue weighted by Gasteiger charge is -2.69. The molecule has 0 aromatic rings. The Hall–Kier alpha value is -0.280. The fourth-order valence-corrected chi connectivity index (χ4v) is 10.8. The maximum atomic E-state index is 12.4. The van der Waals surface area contributed by atoms with Crippen LogP contribution >= 0.6 is 0 Å². The predicted octanol–water partition coefficient (Wildman–Crippen LogP) is 0.0939. The summed E-state index contributed by atoms with van der Waals surface area (Å²) in [4.78, 5) is 2.45. The van der Waals surface area contributed by atoms with Gasteiger partial charge < -0.3 is 29.9 Å². The zero-order valence-corrected chi connectivity index (χ0v) is 19.1. The molecule has 12 unspecified atom stereocenters. The highest BCUT2D eigenvalue weighted by atomic mass is 16.5. The van der Waals surface area contributed by atoms with E-state index in [1.54, 1.807) is 14.2 Å². The van der Waals surface area contributed by atoms with Crippen molar-refractivity contribution in [2.75, 3.05) is 33.9 Å². The van der Waals surface area contributed by atoms with Crippen LogP contribution in [0.5, 0.6) is 0 Å². The van der Waals surface area contributed by atoms with Crippen molar-refractivity contribution in [2.45, 2.75) is 69.2 Å². The minimum atomic E-state index is -1.42. The Morgan fingerprint density at radius 3 is 2.52 bits per heavy atom. The monoisotopic (exact) mass is 437 g/mol. The van der Waals surface area contributed by atoms with Crippen molar-refractivity contribution in [3.05, 3.63) is 0 Å². The molecule has 1 spiro atoms. The van der Waals surface area contributed by atoms with E-state index in [0.29, 0.717) is 6.61 Å². The Kier molecular flexibility index (Phi) is 4.41. The summed E-state index contributed by atoms with van der Waals surface area (Å²) in [6.45, 7) is 6.40. The Morgan fingerprint density at radius 1 is 1.13 bits per heavy atom. The third-order valence-electron chi connectivity index (χ3n) is 11.4. The molecule has 7 bridgehead atoms. The van der Waals surface area contributed by atoms with Crippen molar-refractivity contribution in [1.82, 2.24) is 4.90 Å². The minimum Gasteiger partial charge on any atom is -0.392 e. The minimum absolute atomic E-state index is 0.0376. The summed E-state index contributed by atoms with van der Waals surface area (Å²) in [5, 5.41) is 47.1. The van der Waals surface area contributed by atoms with Gasteiger partial charge in [0.15, 0.2) is 0 Å². The van der Waals surface area contributed by atoms with Crippen LogP contribution in [0.15, 0.2) is 0 Å². The van der Waals surface area contributed by atoms with Gasteiger partial charge in [0.05, 0.1) is 31.0 Å². The summed E-state index contributed by atoms with van der Waals surface area (Å²) in [5.41, 5.74) is -2.03. The van der Waals surface area contributed by atoms with Crippen LogP contribution < -0.4 is 0 Å². The zero-order chi connectivity index (χ0) is 22.1. The third-order valence-corrected chi connectivity index (χ3v) is 11.4. The molecule has 14 atom stereocenters. The second-order valence-corrected chi connectivity index (χ2v) is 11.8. The lowest BCUT2D eigenvalue weighted by Crippen LogP contribution is -2.78. The molecule has 176 valence electrons. The number of nitrogens with zero attached hydrogens (tertiary/aromatic N) is 1. The van der Waals surface area contributed by atoms with E-state index in [2.05, 4.69) is 11.8 Å². The molecule has 1 aliphatic heterocycles. The Bertz CT molecular complexity index is 766. The summed E-state index contributed by atoms with van der Waals surface area (Å²) < 4.78 is 12.0. The van der Waals surface area contributed by atoms with Crippen LogP contribution in [0, 0.1) is 46.3 Å². The maximum Gasteiger partial charge on any atom is 0.103 e. The van der Waals surface area contributed by atoms with Crippen molar-refractivity contribution < 1.29 is 29.9 Å². The van der Waals surface area contributed by atoms with Crippen LogP contribution in [0.3, 0.4) is 0 Å². The van der Waals surface area contributed by atoms with Crippen LogP contribution in [0.2, 0.25) is 0 Å². The number of likely N-dealkylation sites (tertiary alicyclic amines) is 1. The summed E-state index contributed by atoms with van der Waals surface area (Å²) in [5.74, 6) is -0.988. The molecule has 7 nitrogen and oxygen atoms in total. The highest BCUT2D eigenvalue weighted by Gasteiger charge is 2.87.